The van der Waals surface area contributed by atoms with E-state index in [0.29, 0.717) is 24.8 Å². The number of aliphatic carboxylic acids is 1. The van der Waals surface area contributed by atoms with Crippen LogP contribution in [0.15, 0.2) is 12.4 Å². The summed E-state index contributed by atoms with van der Waals surface area (Å²) in [6.07, 6.45) is 8.30. The van der Waals surface area contributed by atoms with Crippen molar-refractivity contribution in [3.8, 4) is 0 Å². The molecule has 1 fully saturated rings. The van der Waals surface area contributed by atoms with Crippen molar-refractivity contribution in [1.82, 2.24) is 9.97 Å². The Morgan fingerprint density at radius 1 is 1.41 bits per heavy atom. The van der Waals surface area contributed by atoms with Crippen molar-refractivity contribution in [2.45, 2.75) is 38.0 Å². The minimum absolute atomic E-state index is 0.174. The first kappa shape index (κ1) is 11.8. The number of nitrogens with one attached hydrogen (secondary N) is 1. The van der Waals surface area contributed by atoms with Gasteiger partial charge in [-0.3, -0.25) is 4.79 Å². The molecule has 17 heavy (non-hydrogen) atoms. The molecule has 1 aromatic heterocycles. The molecule has 1 saturated carbocycles. The molecule has 0 atom stereocenters. The summed E-state index contributed by atoms with van der Waals surface area (Å²) >= 11 is 0. The van der Waals surface area contributed by atoms with Crippen LogP contribution in [0.2, 0.25) is 0 Å². The average molecular weight is 235 g/mol. The zero-order valence-electron chi connectivity index (χ0n) is 9.72. The highest BCUT2D eigenvalue weighted by Crippen LogP contribution is 2.35. The molecule has 0 saturated heterocycles. The molecule has 5 nitrogen and oxygen atoms in total. The first-order valence-corrected chi connectivity index (χ1v) is 6.03. The van der Waals surface area contributed by atoms with E-state index >= 15 is 0 Å². The Kier molecular flexibility index (Phi) is 3.90. The van der Waals surface area contributed by atoms with E-state index < -0.39 is 5.97 Å². The molecule has 1 aliphatic carbocycles. The highest BCUT2D eigenvalue weighted by Gasteiger charge is 2.19. The molecule has 0 aromatic carbocycles. The van der Waals surface area contributed by atoms with Gasteiger partial charge in [0, 0.05) is 25.4 Å². The van der Waals surface area contributed by atoms with E-state index in [1.165, 1.54) is 24.8 Å². The molecule has 0 spiro atoms. The van der Waals surface area contributed by atoms with Crippen LogP contribution in [-0.2, 0) is 4.79 Å². The van der Waals surface area contributed by atoms with Gasteiger partial charge in [-0.25, -0.2) is 9.97 Å². The standard InChI is InChI=1S/C12H17N3O2/c16-11(17)5-2-6-13-12-14-7-10(8-15-12)9-3-1-4-9/h7-9H,1-6H2,(H,16,17)(H,13,14,15). The molecule has 0 aliphatic heterocycles. The molecule has 2 N–H and O–H groups in total. The van der Waals surface area contributed by atoms with Crippen LogP contribution in [0.5, 0.6) is 0 Å². The maximum atomic E-state index is 10.3. The van der Waals surface area contributed by atoms with Gasteiger partial charge in [-0.15, -0.1) is 0 Å². The van der Waals surface area contributed by atoms with Crippen molar-refractivity contribution in [1.29, 1.82) is 0 Å². The van der Waals surface area contributed by atoms with Gasteiger partial charge in [-0.2, -0.15) is 0 Å². The molecule has 0 bridgehead atoms. The van der Waals surface area contributed by atoms with E-state index in [9.17, 15) is 4.79 Å². The van der Waals surface area contributed by atoms with Gasteiger partial charge in [-0.1, -0.05) is 6.42 Å². The van der Waals surface area contributed by atoms with E-state index in [2.05, 4.69) is 15.3 Å². The van der Waals surface area contributed by atoms with E-state index in [1.807, 2.05) is 12.4 Å². The zero-order valence-corrected chi connectivity index (χ0v) is 9.72. The molecule has 0 amide bonds. The fraction of sp³-hybridized carbons (Fsp3) is 0.583. The predicted octanol–water partition coefficient (Wildman–Crippen LogP) is 2.02. The van der Waals surface area contributed by atoms with E-state index in [-0.39, 0.29) is 6.42 Å². The molecule has 5 heteroatoms. The van der Waals surface area contributed by atoms with Gasteiger partial charge in [0.2, 0.25) is 5.95 Å². The number of rotatable bonds is 6. The van der Waals surface area contributed by atoms with Crippen molar-refractivity contribution in [2.75, 3.05) is 11.9 Å². The predicted molar refractivity (Wildman–Crippen MR) is 64.0 cm³/mol. The van der Waals surface area contributed by atoms with Crippen LogP contribution in [0.4, 0.5) is 5.95 Å². The lowest BCUT2D eigenvalue weighted by molar-refractivity contribution is -0.137. The minimum atomic E-state index is -0.770. The highest BCUT2D eigenvalue weighted by atomic mass is 16.4. The summed E-state index contributed by atoms with van der Waals surface area (Å²) in [4.78, 5) is 18.8. The fourth-order valence-electron chi connectivity index (χ4n) is 1.82. The first-order chi connectivity index (χ1) is 8.25. The van der Waals surface area contributed by atoms with Gasteiger partial charge in [0.15, 0.2) is 0 Å². The molecular formula is C12H17N3O2. The molecule has 0 unspecified atom stereocenters. The fourth-order valence-corrected chi connectivity index (χ4v) is 1.82. The van der Waals surface area contributed by atoms with Gasteiger partial charge < -0.3 is 10.4 Å². The average Bonchev–Trinajstić information content (AvgIpc) is 2.24. The van der Waals surface area contributed by atoms with Crippen LogP contribution in [-0.4, -0.2) is 27.6 Å². The Morgan fingerprint density at radius 3 is 2.65 bits per heavy atom. The number of carboxylic acid groups (broad SMARTS) is 1. The Morgan fingerprint density at radius 2 is 2.12 bits per heavy atom. The minimum Gasteiger partial charge on any atom is -0.481 e. The molecule has 1 aliphatic rings. The highest BCUT2D eigenvalue weighted by molar-refractivity contribution is 5.66. The van der Waals surface area contributed by atoms with Gasteiger partial charge in [-0.05, 0) is 30.7 Å². The van der Waals surface area contributed by atoms with Gasteiger partial charge in [0.1, 0.15) is 0 Å². The smallest absolute Gasteiger partial charge is 0.303 e. The number of carbonyl (C=O) groups is 1. The summed E-state index contributed by atoms with van der Waals surface area (Å²) in [5.41, 5.74) is 1.22. The zero-order chi connectivity index (χ0) is 12.1. The summed E-state index contributed by atoms with van der Waals surface area (Å²) < 4.78 is 0. The summed E-state index contributed by atoms with van der Waals surface area (Å²) in [6.45, 7) is 0.592. The Balaban J connectivity index is 1.75. The number of anilines is 1. The van der Waals surface area contributed by atoms with Crippen LogP contribution in [0, 0.1) is 0 Å². The van der Waals surface area contributed by atoms with Crippen LogP contribution < -0.4 is 5.32 Å². The van der Waals surface area contributed by atoms with Crippen LogP contribution in [0.3, 0.4) is 0 Å². The molecule has 0 radical (unpaired) electrons. The third-order valence-electron chi connectivity index (χ3n) is 3.10. The molecule has 2 rings (SSSR count). The lowest BCUT2D eigenvalue weighted by Crippen LogP contribution is -2.11. The second kappa shape index (κ2) is 5.61. The molecule has 92 valence electrons. The van der Waals surface area contributed by atoms with E-state index in [4.69, 9.17) is 5.11 Å². The first-order valence-electron chi connectivity index (χ1n) is 6.03. The van der Waals surface area contributed by atoms with Crippen molar-refractivity contribution in [2.24, 2.45) is 0 Å². The number of nitrogens with zero attached hydrogens (tertiary/aromatic N) is 2. The van der Waals surface area contributed by atoms with E-state index in [1.54, 1.807) is 0 Å². The van der Waals surface area contributed by atoms with E-state index in [0.717, 1.165) is 0 Å². The van der Waals surface area contributed by atoms with Crippen LogP contribution in [0.25, 0.3) is 0 Å². The number of carboxylic acids is 1. The molecule has 1 heterocycles. The lowest BCUT2D eigenvalue weighted by Gasteiger charge is -2.24. The van der Waals surface area contributed by atoms with Crippen molar-refractivity contribution in [3.05, 3.63) is 18.0 Å². The number of hydrogen-bond donors (Lipinski definition) is 2. The van der Waals surface area contributed by atoms with Crippen molar-refractivity contribution >= 4 is 11.9 Å². The summed E-state index contributed by atoms with van der Waals surface area (Å²) in [6, 6.07) is 0. The molecular weight excluding hydrogens is 218 g/mol. The summed E-state index contributed by atoms with van der Waals surface area (Å²) in [5.74, 6) is 0.461. The SMILES string of the molecule is O=C(O)CCCNc1ncc(C2CCC2)cn1. The molecule has 1 aromatic rings. The van der Waals surface area contributed by atoms with Gasteiger partial charge in [0.25, 0.3) is 0 Å². The quantitative estimate of drug-likeness (QED) is 0.738. The van der Waals surface area contributed by atoms with Gasteiger partial charge in [0.05, 0.1) is 0 Å². The van der Waals surface area contributed by atoms with Crippen LogP contribution >= 0.6 is 0 Å². The Bertz CT molecular complexity index is 374. The third-order valence-corrected chi connectivity index (χ3v) is 3.10. The second-order valence-electron chi connectivity index (χ2n) is 4.39. The van der Waals surface area contributed by atoms with Crippen molar-refractivity contribution in [3.63, 3.8) is 0 Å². The largest absolute Gasteiger partial charge is 0.481 e. The second-order valence-corrected chi connectivity index (χ2v) is 4.39. The monoisotopic (exact) mass is 235 g/mol. The number of hydrogen-bond acceptors (Lipinski definition) is 4. The Labute approximate surface area is 100 Å². The lowest BCUT2D eigenvalue weighted by atomic mass is 9.81. The summed E-state index contributed by atoms with van der Waals surface area (Å²) in [5, 5.41) is 11.5. The number of aromatic nitrogens is 2. The Hall–Kier alpha value is -1.65. The topological polar surface area (TPSA) is 75.1 Å². The third kappa shape index (κ3) is 3.41. The van der Waals surface area contributed by atoms with Gasteiger partial charge >= 0.3 is 5.97 Å². The maximum Gasteiger partial charge on any atom is 0.303 e. The normalized spacial score (nSPS) is 15.3. The van der Waals surface area contributed by atoms with Crippen LogP contribution in [0.1, 0.15) is 43.6 Å². The summed E-state index contributed by atoms with van der Waals surface area (Å²) in [7, 11) is 0. The maximum absolute atomic E-state index is 10.3. The van der Waals surface area contributed by atoms with Crippen molar-refractivity contribution < 1.29 is 9.90 Å².